The first-order valence-corrected chi connectivity index (χ1v) is 8.88. The number of aliphatic hydroxyl groups excluding tert-OH is 1. The molecule has 1 aromatic heterocycles. The zero-order valence-corrected chi connectivity index (χ0v) is 15.0. The van der Waals surface area contributed by atoms with Crippen molar-refractivity contribution in [1.82, 2.24) is 14.9 Å². The number of imidazole rings is 1. The number of aryl methyl sites for hydroxylation is 1. The van der Waals surface area contributed by atoms with Gasteiger partial charge >= 0.3 is 6.09 Å². The van der Waals surface area contributed by atoms with Gasteiger partial charge in [-0.2, -0.15) is 0 Å². The van der Waals surface area contributed by atoms with Crippen LogP contribution < -0.4 is 5.32 Å². The van der Waals surface area contributed by atoms with Crippen LogP contribution in [-0.2, 0) is 11.8 Å². The summed E-state index contributed by atoms with van der Waals surface area (Å²) >= 11 is 0. The number of carbonyl (C=O) groups excluding carboxylic acids is 1. The minimum atomic E-state index is -0.869. The maximum Gasteiger partial charge on any atom is 0.407 e. The van der Waals surface area contributed by atoms with Crippen LogP contribution in [0.4, 0.5) is 4.79 Å². The van der Waals surface area contributed by atoms with Gasteiger partial charge in [-0.05, 0) is 22.3 Å². The van der Waals surface area contributed by atoms with Crippen molar-refractivity contribution in [3.05, 3.63) is 77.9 Å². The standard InChI is InChI=1S/C21H21N3O3/c1-24-11-19(23-13-24)20(25)10-22-21(26)27-12-18-16-8-4-2-6-14(16)15-7-3-5-9-17(15)18/h2-9,11,13,18,20,25H,10,12H2,1H3,(H,22,26). The van der Waals surface area contributed by atoms with E-state index >= 15 is 0 Å². The van der Waals surface area contributed by atoms with Gasteiger partial charge in [0.05, 0.1) is 18.6 Å². The molecule has 1 heterocycles. The van der Waals surface area contributed by atoms with Crippen LogP contribution in [0.3, 0.4) is 0 Å². The highest BCUT2D eigenvalue weighted by Gasteiger charge is 2.29. The Morgan fingerprint density at radius 3 is 2.41 bits per heavy atom. The molecule has 0 saturated carbocycles. The molecule has 2 aromatic carbocycles. The highest BCUT2D eigenvalue weighted by molar-refractivity contribution is 5.79. The van der Waals surface area contributed by atoms with E-state index in [9.17, 15) is 9.90 Å². The first kappa shape index (κ1) is 17.3. The minimum Gasteiger partial charge on any atom is -0.449 e. The van der Waals surface area contributed by atoms with Crippen molar-refractivity contribution < 1.29 is 14.6 Å². The molecule has 1 amide bonds. The molecule has 6 nitrogen and oxygen atoms in total. The summed E-state index contributed by atoms with van der Waals surface area (Å²) in [6, 6.07) is 16.4. The van der Waals surface area contributed by atoms with Crippen molar-refractivity contribution in [2.75, 3.05) is 13.2 Å². The molecule has 1 unspecified atom stereocenters. The van der Waals surface area contributed by atoms with Crippen LogP contribution in [0.15, 0.2) is 61.1 Å². The molecule has 2 N–H and O–H groups in total. The third-order valence-corrected chi connectivity index (χ3v) is 4.85. The first-order valence-electron chi connectivity index (χ1n) is 8.88. The van der Waals surface area contributed by atoms with Crippen molar-refractivity contribution in [2.45, 2.75) is 12.0 Å². The number of nitrogens with zero attached hydrogens (tertiary/aromatic N) is 2. The van der Waals surface area contributed by atoms with Crippen molar-refractivity contribution in [2.24, 2.45) is 7.05 Å². The molecule has 1 aliphatic rings. The molecule has 6 heteroatoms. The lowest BCUT2D eigenvalue weighted by Gasteiger charge is -2.15. The summed E-state index contributed by atoms with van der Waals surface area (Å²) in [5.41, 5.74) is 5.22. The normalized spacial score (nSPS) is 13.7. The summed E-state index contributed by atoms with van der Waals surface area (Å²) in [4.78, 5) is 16.2. The lowest BCUT2D eigenvalue weighted by molar-refractivity contribution is 0.127. The SMILES string of the molecule is Cn1cnc(C(O)CNC(=O)OCC2c3ccccc3-c3ccccc32)c1. The molecular weight excluding hydrogens is 342 g/mol. The van der Waals surface area contributed by atoms with Gasteiger partial charge in [-0.15, -0.1) is 0 Å². The highest BCUT2D eigenvalue weighted by Crippen LogP contribution is 2.44. The maximum absolute atomic E-state index is 12.1. The quantitative estimate of drug-likeness (QED) is 0.731. The number of hydrogen-bond acceptors (Lipinski definition) is 4. The number of aromatic nitrogens is 2. The van der Waals surface area contributed by atoms with E-state index in [2.05, 4.69) is 34.6 Å². The van der Waals surface area contributed by atoms with Gasteiger partial charge in [0.2, 0.25) is 0 Å². The van der Waals surface area contributed by atoms with Gasteiger partial charge in [0.1, 0.15) is 12.7 Å². The van der Waals surface area contributed by atoms with Gasteiger partial charge < -0.3 is 19.7 Å². The molecule has 0 bridgehead atoms. The van der Waals surface area contributed by atoms with Gasteiger partial charge in [0.15, 0.2) is 0 Å². The molecule has 0 radical (unpaired) electrons. The average Bonchev–Trinajstić information content (AvgIpc) is 3.26. The summed E-state index contributed by atoms with van der Waals surface area (Å²) in [6.07, 6.45) is 1.90. The molecule has 0 spiro atoms. The third-order valence-electron chi connectivity index (χ3n) is 4.85. The van der Waals surface area contributed by atoms with Crippen LogP contribution in [0.25, 0.3) is 11.1 Å². The molecule has 138 valence electrons. The number of amides is 1. The van der Waals surface area contributed by atoms with Gasteiger partial charge in [-0.3, -0.25) is 0 Å². The van der Waals surface area contributed by atoms with E-state index in [1.54, 1.807) is 17.1 Å². The zero-order chi connectivity index (χ0) is 18.8. The fourth-order valence-electron chi connectivity index (χ4n) is 3.54. The van der Waals surface area contributed by atoms with Crippen LogP contribution in [0.1, 0.15) is 28.8 Å². The van der Waals surface area contributed by atoms with Gasteiger partial charge in [-0.25, -0.2) is 9.78 Å². The Kier molecular flexibility index (Phi) is 4.64. The molecule has 4 rings (SSSR count). The van der Waals surface area contributed by atoms with Crippen LogP contribution in [-0.4, -0.2) is 33.9 Å². The Morgan fingerprint density at radius 2 is 1.81 bits per heavy atom. The van der Waals surface area contributed by atoms with Crippen molar-refractivity contribution in [3.63, 3.8) is 0 Å². The number of carbonyl (C=O) groups is 1. The monoisotopic (exact) mass is 363 g/mol. The van der Waals surface area contributed by atoms with Crippen LogP contribution >= 0.6 is 0 Å². The molecule has 3 aromatic rings. The number of rotatable bonds is 5. The van der Waals surface area contributed by atoms with E-state index in [4.69, 9.17) is 4.74 Å². The van der Waals surface area contributed by atoms with E-state index in [0.29, 0.717) is 5.69 Å². The van der Waals surface area contributed by atoms with E-state index in [1.165, 1.54) is 22.3 Å². The number of nitrogens with one attached hydrogen (secondary N) is 1. The largest absolute Gasteiger partial charge is 0.449 e. The number of aliphatic hydroxyl groups is 1. The summed E-state index contributed by atoms with van der Waals surface area (Å²) < 4.78 is 7.19. The van der Waals surface area contributed by atoms with Gasteiger partial charge in [-0.1, -0.05) is 48.5 Å². The molecule has 0 saturated heterocycles. The Morgan fingerprint density at radius 1 is 1.19 bits per heavy atom. The van der Waals surface area contributed by atoms with Crippen molar-refractivity contribution in [1.29, 1.82) is 0 Å². The summed E-state index contributed by atoms with van der Waals surface area (Å²) in [5.74, 6) is 0.0175. The number of fused-ring (bicyclic) bond motifs is 3. The smallest absolute Gasteiger partial charge is 0.407 e. The Labute approximate surface area is 157 Å². The summed E-state index contributed by atoms with van der Waals surface area (Å²) in [7, 11) is 1.82. The van der Waals surface area contributed by atoms with Crippen LogP contribution in [0.5, 0.6) is 0 Å². The lowest BCUT2D eigenvalue weighted by Crippen LogP contribution is -2.30. The molecule has 1 atom stereocenters. The van der Waals surface area contributed by atoms with Gasteiger partial charge in [0.25, 0.3) is 0 Å². The predicted molar refractivity (Wildman–Crippen MR) is 101 cm³/mol. The van der Waals surface area contributed by atoms with Crippen LogP contribution in [0, 0.1) is 0 Å². The molecule has 1 aliphatic carbocycles. The van der Waals surface area contributed by atoms with Crippen molar-refractivity contribution in [3.8, 4) is 11.1 Å². The summed E-state index contributed by atoms with van der Waals surface area (Å²) in [6.45, 7) is 0.299. The summed E-state index contributed by atoms with van der Waals surface area (Å²) in [5, 5.41) is 12.7. The molecular formula is C21H21N3O3. The predicted octanol–water partition coefficient (Wildman–Crippen LogP) is 2.99. The Bertz CT molecular complexity index is 921. The topological polar surface area (TPSA) is 76.4 Å². The average molecular weight is 363 g/mol. The lowest BCUT2D eigenvalue weighted by atomic mass is 9.98. The molecule has 0 aliphatic heterocycles. The zero-order valence-electron chi connectivity index (χ0n) is 15.0. The second kappa shape index (κ2) is 7.25. The van der Waals surface area contributed by atoms with E-state index in [0.717, 1.165) is 0 Å². The fraction of sp³-hybridized carbons (Fsp3) is 0.238. The highest BCUT2D eigenvalue weighted by atomic mass is 16.5. The fourth-order valence-corrected chi connectivity index (χ4v) is 3.54. The van der Waals surface area contributed by atoms with Crippen LogP contribution in [0.2, 0.25) is 0 Å². The number of hydrogen-bond donors (Lipinski definition) is 2. The van der Waals surface area contributed by atoms with Crippen molar-refractivity contribution >= 4 is 6.09 Å². The second-order valence-electron chi connectivity index (χ2n) is 6.69. The third kappa shape index (κ3) is 3.44. The second-order valence-corrected chi connectivity index (χ2v) is 6.69. The van der Waals surface area contributed by atoms with Gasteiger partial charge in [0, 0.05) is 19.2 Å². The first-order chi connectivity index (χ1) is 13.1. The van der Waals surface area contributed by atoms with E-state index in [1.807, 2.05) is 31.3 Å². The number of alkyl carbamates (subject to hydrolysis) is 1. The van der Waals surface area contributed by atoms with E-state index < -0.39 is 12.2 Å². The Balaban J connectivity index is 1.38. The molecule has 27 heavy (non-hydrogen) atoms. The Hall–Kier alpha value is -3.12. The minimum absolute atomic E-state index is 0.0175. The molecule has 0 fully saturated rings. The number of benzene rings is 2. The number of ether oxygens (including phenoxy) is 1. The van der Waals surface area contributed by atoms with E-state index in [-0.39, 0.29) is 19.1 Å². The maximum atomic E-state index is 12.1.